The Morgan fingerprint density at radius 1 is 1.40 bits per heavy atom. The van der Waals surface area contributed by atoms with Crippen LogP contribution in [0.1, 0.15) is 19.3 Å². The zero-order chi connectivity index (χ0) is 7.61. The van der Waals surface area contributed by atoms with Gasteiger partial charge in [0.15, 0.2) is 8.32 Å². The van der Waals surface area contributed by atoms with Gasteiger partial charge in [0.25, 0.3) is 0 Å². The quantitative estimate of drug-likeness (QED) is 0.442. The van der Waals surface area contributed by atoms with Gasteiger partial charge in [0.05, 0.1) is 0 Å². The summed E-state index contributed by atoms with van der Waals surface area (Å²) in [6, 6.07) is 0. The fraction of sp³-hybridized carbons (Fsp3) is 0.875. The Morgan fingerprint density at radius 3 is 2.50 bits per heavy atom. The molecule has 10 heavy (non-hydrogen) atoms. The molecule has 0 radical (unpaired) electrons. The minimum atomic E-state index is -1.24. The topological polar surface area (TPSA) is 9.23 Å². The summed E-state index contributed by atoms with van der Waals surface area (Å²) in [7, 11) is -1.24. The van der Waals surface area contributed by atoms with Gasteiger partial charge in [-0.2, -0.15) is 12.8 Å². The Bertz CT molecular complexity index is 100. The largest absolute Gasteiger partial charge is 0.417 e. The Kier molecular flexibility index (Phi) is 2.53. The van der Waals surface area contributed by atoms with Crippen LogP contribution >= 0.6 is 0 Å². The van der Waals surface area contributed by atoms with Crippen molar-refractivity contribution in [3.8, 4) is 0 Å². The van der Waals surface area contributed by atoms with Gasteiger partial charge in [0, 0.05) is 6.10 Å². The molecule has 1 aliphatic rings. The maximum absolute atomic E-state index is 5.91. The predicted molar refractivity (Wildman–Crippen MR) is 46.4 cm³/mol. The van der Waals surface area contributed by atoms with Crippen LogP contribution < -0.4 is 0 Å². The van der Waals surface area contributed by atoms with Crippen LogP contribution in [0.15, 0.2) is 0 Å². The Balaban J connectivity index is 2.24. The van der Waals surface area contributed by atoms with Crippen molar-refractivity contribution in [3.63, 3.8) is 0 Å². The van der Waals surface area contributed by atoms with Gasteiger partial charge in [-0.1, -0.05) is 6.42 Å². The maximum Gasteiger partial charge on any atom is 0.183 e. The highest BCUT2D eigenvalue weighted by molar-refractivity contribution is 6.69. The summed E-state index contributed by atoms with van der Waals surface area (Å²) in [4.78, 5) is 0. The van der Waals surface area contributed by atoms with Crippen molar-refractivity contribution in [1.82, 2.24) is 0 Å². The summed E-state index contributed by atoms with van der Waals surface area (Å²) in [6.07, 6.45) is 6.60. The molecule has 0 aromatic carbocycles. The molecule has 60 valence electrons. The SMILES string of the molecule is C[Si](C)(C)OC1C[CH-]CC1. The number of hydrogen-bond acceptors (Lipinski definition) is 1. The second-order valence-corrected chi connectivity index (χ2v) is 8.41. The third-order valence-electron chi connectivity index (χ3n) is 1.64. The van der Waals surface area contributed by atoms with Crippen molar-refractivity contribution in [2.24, 2.45) is 0 Å². The zero-order valence-corrected chi connectivity index (χ0v) is 8.18. The van der Waals surface area contributed by atoms with Gasteiger partial charge in [-0.15, -0.1) is 0 Å². The highest BCUT2D eigenvalue weighted by Crippen LogP contribution is 2.23. The van der Waals surface area contributed by atoms with E-state index in [9.17, 15) is 0 Å². The molecule has 0 aromatic rings. The van der Waals surface area contributed by atoms with Crippen molar-refractivity contribution in [1.29, 1.82) is 0 Å². The van der Waals surface area contributed by atoms with E-state index < -0.39 is 8.32 Å². The van der Waals surface area contributed by atoms with Gasteiger partial charge >= 0.3 is 0 Å². The van der Waals surface area contributed by atoms with Crippen molar-refractivity contribution < 1.29 is 4.43 Å². The summed E-state index contributed by atoms with van der Waals surface area (Å²) < 4.78 is 5.91. The van der Waals surface area contributed by atoms with Crippen molar-refractivity contribution in [2.45, 2.75) is 45.0 Å². The molecule has 1 unspecified atom stereocenters. The lowest BCUT2D eigenvalue weighted by molar-refractivity contribution is 0.205. The molecular weight excluding hydrogens is 140 g/mol. The van der Waals surface area contributed by atoms with E-state index in [2.05, 4.69) is 26.1 Å². The van der Waals surface area contributed by atoms with Crippen LogP contribution in [0.5, 0.6) is 0 Å². The molecule has 1 saturated carbocycles. The van der Waals surface area contributed by atoms with E-state index in [0.717, 1.165) is 0 Å². The summed E-state index contributed by atoms with van der Waals surface area (Å²) in [5.41, 5.74) is 0. The van der Waals surface area contributed by atoms with E-state index in [0.29, 0.717) is 6.10 Å². The van der Waals surface area contributed by atoms with E-state index in [4.69, 9.17) is 4.43 Å². The first-order valence-corrected chi connectivity index (χ1v) is 7.48. The highest BCUT2D eigenvalue weighted by Gasteiger charge is 2.19. The Labute approximate surface area is 64.9 Å². The summed E-state index contributed by atoms with van der Waals surface area (Å²) in [5, 5.41) is 0. The first-order chi connectivity index (χ1) is 4.58. The second kappa shape index (κ2) is 3.05. The van der Waals surface area contributed by atoms with Gasteiger partial charge in [0.1, 0.15) is 0 Å². The van der Waals surface area contributed by atoms with Gasteiger partial charge in [-0.25, -0.2) is 0 Å². The zero-order valence-electron chi connectivity index (χ0n) is 7.18. The molecule has 0 bridgehead atoms. The molecule has 1 nitrogen and oxygen atoms in total. The van der Waals surface area contributed by atoms with E-state index in [1.165, 1.54) is 19.3 Å². The molecule has 2 heteroatoms. The van der Waals surface area contributed by atoms with E-state index in [-0.39, 0.29) is 0 Å². The van der Waals surface area contributed by atoms with E-state index in [1.807, 2.05) is 0 Å². The lowest BCUT2D eigenvalue weighted by Gasteiger charge is -2.24. The lowest BCUT2D eigenvalue weighted by atomic mass is 10.3. The van der Waals surface area contributed by atoms with Gasteiger partial charge in [-0.3, -0.25) is 0 Å². The van der Waals surface area contributed by atoms with Gasteiger partial charge < -0.3 is 10.8 Å². The Hall–Kier alpha value is 0.177. The Morgan fingerprint density at radius 2 is 2.10 bits per heavy atom. The van der Waals surface area contributed by atoms with Crippen molar-refractivity contribution in [2.75, 3.05) is 0 Å². The molecule has 1 atom stereocenters. The normalized spacial score (nSPS) is 27.3. The average molecular weight is 157 g/mol. The smallest absolute Gasteiger partial charge is 0.183 e. The molecule has 0 aromatic heterocycles. The maximum atomic E-state index is 5.91. The molecular formula is C8H17OSi-. The van der Waals surface area contributed by atoms with Gasteiger partial charge in [-0.05, 0) is 19.6 Å². The monoisotopic (exact) mass is 157 g/mol. The minimum absolute atomic E-state index is 0.562. The van der Waals surface area contributed by atoms with Crippen molar-refractivity contribution >= 4 is 8.32 Å². The fourth-order valence-corrected chi connectivity index (χ4v) is 2.55. The van der Waals surface area contributed by atoms with Crippen LogP contribution in [0.3, 0.4) is 0 Å². The molecule has 1 rings (SSSR count). The van der Waals surface area contributed by atoms with Crippen LogP contribution in [-0.2, 0) is 4.43 Å². The summed E-state index contributed by atoms with van der Waals surface area (Å²) in [5.74, 6) is 0. The van der Waals surface area contributed by atoms with Crippen LogP contribution in [0.25, 0.3) is 0 Å². The number of hydrogen-bond donors (Lipinski definition) is 0. The molecule has 1 fully saturated rings. The summed E-state index contributed by atoms with van der Waals surface area (Å²) in [6.45, 7) is 6.77. The molecule has 1 aliphatic carbocycles. The molecule has 0 saturated heterocycles. The standard InChI is InChI=1S/C8H17OSi/c1-10(2,3)9-8-6-4-5-7-8/h4,8H,5-7H2,1-3H3/q-1. The average Bonchev–Trinajstić information content (AvgIpc) is 2.12. The highest BCUT2D eigenvalue weighted by atomic mass is 28.4. The molecule has 0 amide bonds. The molecule has 0 heterocycles. The van der Waals surface area contributed by atoms with Crippen LogP contribution in [0.4, 0.5) is 0 Å². The lowest BCUT2D eigenvalue weighted by Crippen LogP contribution is -2.30. The fourth-order valence-electron chi connectivity index (χ4n) is 1.33. The third-order valence-corrected chi connectivity index (χ3v) is 2.68. The number of rotatable bonds is 2. The first-order valence-electron chi connectivity index (χ1n) is 4.07. The third kappa shape index (κ3) is 2.84. The van der Waals surface area contributed by atoms with Crippen LogP contribution in [-0.4, -0.2) is 14.4 Å². The molecule has 0 aliphatic heterocycles. The second-order valence-electron chi connectivity index (χ2n) is 3.95. The summed E-state index contributed by atoms with van der Waals surface area (Å²) >= 11 is 0. The van der Waals surface area contributed by atoms with Gasteiger partial charge in [0.2, 0.25) is 0 Å². The van der Waals surface area contributed by atoms with Crippen LogP contribution in [0, 0.1) is 6.42 Å². The van der Waals surface area contributed by atoms with Crippen molar-refractivity contribution in [3.05, 3.63) is 6.42 Å². The molecule has 0 spiro atoms. The van der Waals surface area contributed by atoms with E-state index >= 15 is 0 Å². The molecule has 0 N–H and O–H groups in total. The minimum Gasteiger partial charge on any atom is -0.417 e. The predicted octanol–water partition coefficient (Wildman–Crippen LogP) is 2.59. The van der Waals surface area contributed by atoms with Crippen LogP contribution in [0.2, 0.25) is 19.6 Å². The van der Waals surface area contributed by atoms with E-state index in [1.54, 1.807) is 0 Å². The first kappa shape index (κ1) is 8.28.